The van der Waals surface area contributed by atoms with E-state index in [0.29, 0.717) is 10.8 Å². The molecule has 0 saturated heterocycles. The van der Waals surface area contributed by atoms with Gasteiger partial charge in [-0.3, -0.25) is 0 Å². The largest absolute Gasteiger partial charge is 0.495 e. The maximum atomic E-state index is 6.11. The van der Waals surface area contributed by atoms with Crippen molar-refractivity contribution < 1.29 is 4.74 Å². The van der Waals surface area contributed by atoms with Crippen molar-refractivity contribution in [1.82, 2.24) is 9.97 Å². The van der Waals surface area contributed by atoms with E-state index in [1.807, 2.05) is 24.4 Å². The molecule has 6 heteroatoms. The van der Waals surface area contributed by atoms with Crippen LogP contribution in [-0.4, -0.2) is 17.1 Å². The fourth-order valence-electron chi connectivity index (χ4n) is 1.95. The summed E-state index contributed by atoms with van der Waals surface area (Å²) in [6, 6.07) is 5.74. The standard InChI is InChI=1S/C14H12ClN3OS/c1-8-5-11(12(19-2)6-10(8)15)18-13-9-3-4-20-14(9)17-7-16-13/h3-7H,1-2H3,(H,16,17,18). The Bertz CT molecular complexity index is 772. The third-order valence-electron chi connectivity index (χ3n) is 3.00. The van der Waals surface area contributed by atoms with Gasteiger partial charge in [-0.05, 0) is 30.0 Å². The monoisotopic (exact) mass is 305 g/mol. The third kappa shape index (κ3) is 2.30. The zero-order chi connectivity index (χ0) is 14.1. The average molecular weight is 306 g/mol. The Balaban J connectivity index is 2.07. The number of ether oxygens (including phenoxy) is 1. The van der Waals surface area contributed by atoms with Crippen molar-refractivity contribution in [2.45, 2.75) is 6.92 Å². The predicted molar refractivity (Wildman–Crippen MR) is 83.4 cm³/mol. The number of hydrogen-bond donors (Lipinski definition) is 1. The first-order valence-electron chi connectivity index (χ1n) is 5.98. The number of aryl methyl sites for hydroxylation is 1. The summed E-state index contributed by atoms with van der Waals surface area (Å²) in [5, 5.41) is 6.96. The Morgan fingerprint density at radius 2 is 2.15 bits per heavy atom. The molecular formula is C14H12ClN3OS. The summed E-state index contributed by atoms with van der Waals surface area (Å²) in [4.78, 5) is 9.48. The number of hydrogen-bond acceptors (Lipinski definition) is 5. The van der Waals surface area contributed by atoms with Crippen molar-refractivity contribution in [2.75, 3.05) is 12.4 Å². The predicted octanol–water partition coefficient (Wildman–Crippen LogP) is 4.41. The molecule has 0 radical (unpaired) electrons. The van der Waals surface area contributed by atoms with Crippen molar-refractivity contribution in [3.8, 4) is 5.75 Å². The van der Waals surface area contributed by atoms with Gasteiger partial charge in [0.2, 0.25) is 0 Å². The first-order valence-corrected chi connectivity index (χ1v) is 7.24. The smallest absolute Gasteiger partial charge is 0.143 e. The van der Waals surface area contributed by atoms with Crippen molar-refractivity contribution in [3.05, 3.63) is 40.5 Å². The first kappa shape index (κ1) is 13.1. The second-order valence-electron chi connectivity index (χ2n) is 4.29. The highest BCUT2D eigenvalue weighted by atomic mass is 35.5. The normalized spacial score (nSPS) is 10.8. The number of nitrogens with zero attached hydrogens (tertiary/aromatic N) is 2. The Labute approximate surface area is 125 Å². The molecule has 0 unspecified atom stereocenters. The second kappa shape index (κ2) is 5.26. The molecule has 0 atom stereocenters. The van der Waals surface area contributed by atoms with Crippen LogP contribution in [0.5, 0.6) is 5.75 Å². The summed E-state index contributed by atoms with van der Waals surface area (Å²) >= 11 is 7.70. The summed E-state index contributed by atoms with van der Waals surface area (Å²) in [6.07, 6.45) is 1.55. The van der Waals surface area contributed by atoms with E-state index in [0.717, 1.165) is 27.3 Å². The quantitative estimate of drug-likeness (QED) is 0.779. The molecule has 4 nitrogen and oxygen atoms in total. The number of nitrogens with one attached hydrogen (secondary N) is 1. The highest BCUT2D eigenvalue weighted by Crippen LogP contribution is 2.34. The first-order chi connectivity index (χ1) is 9.69. The molecule has 0 fully saturated rings. The number of halogens is 1. The fourth-order valence-corrected chi connectivity index (χ4v) is 2.83. The van der Waals surface area contributed by atoms with Gasteiger partial charge in [0.15, 0.2) is 0 Å². The SMILES string of the molecule is COc1cc(Cl)c(C)cc1Nc1ncnc2sccc12. The van der Waals surface area contributed by atoms with Gasteiger partial charge in [0.25, 0.3) is 0 Å². The van der Waals surface area contributed by atoms with Gasteiger partial charge >= 0.3 is 0 Å². The van der Waals surface area contributed by atoms with Crippen LogP contribution in [-0.2, 0) is 0 Å². The number of methoxy groups -OCH3 is 1. The molecule has 0 aliphatic heterocycles. The molecule has 1 aromatic carbocycles. The molecule has 2 heterocycles. The van der Waals surface area contributed by atoms with Crippen LogP contribution in [0.25, 0.3) is 10.2 Å². The molecule has 0 saturated carbocycles. The number of thiophene rings is 1. The molecule has 20 heavy (non-hydrogen) atoms. The van der Waals surface area contributed by atoms with Crippen LogP contribution in [0.2, 0.25) is 5.02 Å². The van der Waals surface area contributed by atoms with E-state index in [1.165, 1.54) is 0 Å². The third-order valence-corrected chi connectivity index (χ3v) is 4.22. The van der Waals surface area contributed by atoms with Crippen LogP contribution in [0.15, 0.2) is 29.9 Å². The van der Waals surface area contributed by atoms with Gasteiger partial charge in [-0.25, -0.2) is 9.97 Å². The number of aromatic nitrogens is 2. The van der Waals surface area contributed by atoms with E-state index >= 15 is 0 Å². The second-order valence-corrected chi connectivity index (χ2v) is 5.59. The van der Waals surface area contributed by atoms with Crippen molar-refractivity contribution in [2.24, 2.45) is 0 Å². The van der Waals surface area contributed by atoms with Gasteiger partial charge < -0.3 is 10.1 Å². The minimum atomic E-state index is 0.677. The van der Waals surface area contributed by atoms with Crippen LogP contribution in [0.1, 0.15) is 5.56 Å². The number of benzene rings is 1. The summed E-state index contributed by atoms with van der Waals surface area (Å²) in [6.45, 7) is 1.95. The van der Waals surface area contributed by atoms with Crippen LogP contribution in [0, 0.1) is 6.92 Å². The fraction of sp³-hybridized carbons (Fsp3) is 0.143. The van der Waals surface area contributed by atoms with E-state index in [1.54, 1.807) is 30.8 Å². The molecule has 2 aromatic heterocycles. The Kier molecular flexibility index (Phi) is 3.46. The van der Waals surface area contributed by atoms with Gasteiger partial charge in [0.1, 0.15) is 22.7 Å². The molecule has 0 amide bonds. The van der Waals surface area contributed by atoms with Crippen molar-refractivity contribution in [3.63, 3.8) is 0 Å². The van der Waals surface area contributed by atoms with Gasteiger partial charge in [0.05, 0.1) is 18.2 Å². The summed E-state index contributed by atoms with van der Waals surface area (Å²) in [7, 11) is 1.62. The minimum Gasteiger partial charge on any atom is -0.495 e. The highest BCUT2D eigenvalue weighted by Gasteiger charge is 2.10. The van der Waals surface area contributed by atoms with Crippen LogP contribution < -0.4 is 10.1 Å². The summed E-state index contributed by atoms with van der Waals surface area (Å²) in [5.74, 6) is 1.44. The van der Waals surface area contributed by atoms with Crippen molar-refractivity contribution in [1.29, 1.82) is 0 Å². The summed E-state index contributed by atoms with van der Waals surface area (Å²) in [5.41, 5.74) is 1.81. The number of fused-ring (bicyclic) bond motifs is 1. The Morgan fingerprint density at radius 1 is 1.30 bits per heavy atom. The number of rotatable bonds is 3. The van der Waals surface area contributed by atoms with E-state index in [2.05, 4.69) is 15.3 Å². The topological polar surface area (TPSA) is 47.0 Å². The highest BCUT2D eigenvalue weighted by molar-refractivity contribution is 7.16. The molecule has 0 spiro atoms. The van der Waals surface area contributed by atoms with E-state index in [-0.39, 0.29) is 0 Å². The molecule has 0 bridgehead atoms. The minimum absolute atomic E-state index is 0.677. The number of anilines is 2. The maximum absolute atomic E-state index is 6.11. The van der Waals surface area contributed by atoms with Crippen molar-refractivity contribution >= 4 is 44.7 Å². The molecule has 0 aliphatic carbocycles. The zero-order valence-corrected chi connectivity index (χ0v) is 12.5. The maximum Gasteiger partial charge on any atom is 0.143 e. The van der Waals surface area contributed by atoms with Crippen LogP contribution >= 0.6 is 22.9 Å². The molecule has 0 aliphatic rings. The average Bonchev–Trinajstić information content (AvgIpc) is 2.92. The molecule has 102 valence electrons. The summed E-state index contributed by atoms with van der Waals surface area (Å²) < 4.78 is 5.36. The lowest BCUT2D eigenvalue weighted by Crippen LogP contribution is -1.98. The van der Waals surface area contributed by atoms with Gasteiger partial charge in [-0.15, -0.1) is 11.3 Å². The zero-order valence-electron chi connectivity index (χ0n) is 11.0. The molecular weight excluding hydrogens is 294 g/mol. The molecule has 3 aromatic rings. The lowest BCUT2D eigenvalue weighted by atomic mass is 10.2. The van der Waals surface area contributed by atoms with Gasteiger partial charge in [0, 0.05) is 11.1 Å². The lowest BCUT2D eigenvalue weighted by molar-refractivity contribution is 0.416. The molecule has 1 N–H and O–H groups in total. The van der Waals surface area contributed by atoms with Crippen LogP contribution in [0.4, 0.5) is 11.5 Å². The lowest BCUT2D eigenvalue weighted by Gasteiger charge is -2.13. The van der Waals surface area contributed by atoms with Gasteiger partial charge in [-0.2, -0.15) is 0 Å². The molecule has 3 rings (SSSR count). The van der Waals surface area contributed by atoms with E-state index in [4.69, 9.17) is 16.3 Å². The van der Waals surface area contributed by atoms with Gasteiger partial charge in [-0.1, -0.05) is 11.6 Å². The Morgan fingerprint density at radius 3 is 2.95 bits per heavy atom. The van der Waals surface area contributed by atoms with E-state index in [9.17, 15) is 0 Å². The Hall–Kier alpha value is -1.85. The van der Waals surface area contributed by atoms with Crippen LogP contribution in [0.3, 0.4) is 0 Å². The van der Waals surface area contributed by atoms with E-state index < -0.39 is 0 Å².